The Kier molecular flexibility index (Phi) is 10.5. The zero-order valence-electron chi connectivity index (χ0n) is 24.4. The second kappa shape index (κ2) is 14.9. The van der Waals surface area contributed by atoms with Gasteiger partial charge in [0, 0.05) is 44.8 Å². The normalized spacial score (nSPS) is 16.4. The number of nitrogens with zero attached hydrogens (tertiary/aromatic N) is 4. The molecule has 222 valence electrons. The van der Waals surface area contributed by atoms with Gasteiger partial charge >= 0.3 is 6.09 Å². The van der Waals surface area contributed by atoms with Crippen LogP contribution in [0.3, 0.4) is 0 Å². The Morgan fingerprint density at radius 2 is 1.69 bits per heavy atom. The molecule has 2 aliphatic rings. The minimum Gasteiger partial charge on any atom is -0.409 e. The van der Waals surface area contributed by atoms with Crippen LogP contribution in [0.25, 0.3) is 0 Å². The Labute approximate surface area is 248 Å². The molecule has 0 bridgehead atoms. The average molecular weight is 572 g/mol. The fourth-order valence-corrected chi connectivity index (χ4v) is 5.43. The van der Waals surface area contributed by atoms with E-state index in [1.54, 1.807) is 17.0 Å². The molecule has 0 radical (unpaired) electrons. The standard InChI is InChI=1S/C33H41N5O4/c1-36(24-27-5-3-2-4-6-27)16-13-26-14-17-38(18-15-26)33(40)42-30-11-12-31(34-23-30)35-32(39)29-9-7-28(8-10-29)25-37-19-21-41-22-20-37/h2-12,23,26H,13-22,24-25H2,1H3,(H,34,35,39). The summed E-state index contributed by atoms with van der Waals surface area (Å²) in [6.07, 6.45) is 4.19. The smallest absolute Gasteiger partial charge is 0.409 e. The molecule has 2 aliphatic heterocycles. The molecule has 0 saturated carbocycles. The number of hydrogen-bond donors (Lipinski definition) is 1. The van der Waals surface area contributed by atoms with Crippen LogP contribution in [0.15, 0.2) is 72.9 Å². The average Bonchev–Trinajstić information content (AvgIpc) is 3.02. The second-order valence-corrected chi connectivity index (χ2v) is 11.2. The predicted molar refractivity (Wildman–Crippen MR) is 162 cm³/mol. The Morgan fingerprint density at radius 1 is 0.952 bits per heavy atom. The number of ether oxygens (including phenoxy) is 2. The maximum atomic E-state index is 12.7. The number of likely N-dealkylation sites (tertiary alicyclic amines) is 1. The van der Waals surface area contributed by atoms with Crippen LogP contribution in [0, 0.1) is 5.92 Å². The maximum Gasteiger partial charge on any atom is 0.415 e. The highest BCUT2D eigenvalue weighted by atomic mass is 16.6. The van der Waals surface area contributed by atoms with Gasteiger partial charge in [0.25, 0.3) is 5.91 Å². The molecule has 3 aromatic rings. The summed E-state index contributed by atoms with van der Waals surface area (Å²) in [5.74, 6) is 1.13. The van der Waals surface area contributed by atoms with Crippen molar-refractivity contribution in [3.8, 4) is 5.75 Å². The summed E-state index contributed by atoms with van der Waals surface area (Å²) >= 11 is 0. The third kappa shape index (κ3) is 8.85. The minimum atomic E-state index is -0.356. The SMILES string of the molecule is CN(CCC1CCN(C(=O)Oc2ccc(NC(=O)c3ccc(CN4CCOCC4)cc3)nc2)CC1)Cc1ccccc1. The Balaban J connectivity index is 1.01. The summed E-state index contributed by atoms with van der Waals surface area (Å²) < 4.78 is 11.0. The topological polar surface area (TPSA) is 87.2 Å². The maximum absolute atomic E-state index is 12.7. The lowest BCUT2D eigenvalue weighted by Gasteiger charge is -2.32. The van der Waals surface area contributed by atoms with Gasteiger partial charge in [0.15, 0.2) is 5.75 Å². The predicted octanol–water partition coefficient (Wildman–Crippen LogP) is 4.90. The second-order valence-electron chi connectivity index (χ2n) is 11.2. The van der Waals surface area contributed by atoms with E-state index in [1.165, 1.54) is 11.8 Å². The van der Waals surface area contributed by atoms with Gasteiger partial charge in [-0.3, -0.25) is 9.69 Å². The molecule has 9 heteroatoms. The molecule has 2 aromatic carbocycles. The van der Waals surface area contributed by atoms with Crippen molar-refractivity contribution in [2.75, 3.05) is 58.3 Å². The molecule has 5 rings (SSSR count). The lowest BCUT2D eigenvalue weighted by atomic mass is 9.93. The highest BCUT2D eigenvalue weighted by Crippen LogP contribution is 2.23. The number of nitrogens with one attached hydrogen (secondary N) is 1. The summed E-state index contributed by atoms with van der Waals surface area (Å²) in [4.78, 5) is 36.2. The van der Waals surface area contributed by atoms with Crippen LogP contribution in [-0.2, 0) is 17.8 Å². The first-order valence-electron chi connectivity index (χ1n) is 14.9. The van der Waals surface area contributed by atoms with E-state index in [4.69, 9.17) is 9.47 Å². The molecule has 1 aromatic heterocycles. The fourth-order valence-electron chi connectivity index (χ4n) is 5.43. The van der Waals surface area contributed by atoms with Crippen molar-refractivity contribution in [3.05, 3.63) is 89.6 Å². The van der Waals surface area contributed by atoms with Crippen molar-refractivity contribution in [3.63, 3.8) is 0 Å². The zero-order valence-corrected chi connectivity index (χ0v) is 24.4. The number of morpholine rings is 1. The molecule has 42 heavy (non-hydrogen) atoms. The lowest BCUT2D eigenvalue weighted by molar-refractivity contribution is 0.0342. The zero-order chi connectivity index (χ0) is 29.1. The number of carbonyl (C=O) groups is 2. The number of hydrogen-bond acceptors (Lipinski definition) is 7. The van der Waals surface area contributed by atoms with E-state index in [9.17, 15) is 9.59 Å². The van der Waals surface area contributed by atoms with E-state index < -0.39 is 0 Å². The first-order chi connectivity index (χ1) is 20.5. The first kappa shape index (κ1) is 29.7. The summed E-state index contributed by atoms with van der Waals surface area (Å²) in [6, 6.07) is 21.4. The van der Waals surface area contributed by atoms with Crippen LogP contribution < -0.4 is 10.1 Å². The molecule has 2 fully saturated rings. The monoisotopic (exact) mass is 571 g/mol. The van der Waals surface area contributed by atoms with Gasteiger partial charge < -0.3 is 24.6 Å². The third-order valence-electron chi connectivity index (χ3n) is 8.00. The Bertz CT molecular complexity index is 1270. The molecule has 0 atom stereocenters. The van der Waals surface area contributed by atoms with Crippen LogP contribution in [0.4, 0.5) is 10.6 Å². The van der Waals surface area contributed by atoms with Gasteiger partial charge in [0.05, 0.1) is 19.4 Å². The largest absolute Gasteiger partial charge is 0.415 e. The van der Waals surface area contributed by atoms with Crippen LogP contribution >= 0.6 is 0 Å². The number of pyridine rings is 1. The highest BCUT2D eigenvalue weighted by molar-refractivity contribution is 6.03. The van der Waals surface area contributed by atoms with E-state index in [0.29, 0.717) is 36.1 Å². The van der Waals surface area contributed by atoms with Crippen molar-refractivity contribution in [2.45, 2.75) is 32.4 Å². The molecule has 9 nitrogen and oxygen atoms in total. The summed E-state index contributed by atoms with van der Waals surface area (Å²) in [6.45, 7) is 7.59. The van der Waals surface area contributed by atoms with Gasteiger partial charge in [-0.2, -0.15) is 0 Å². The van der Waals surface area contributed by atoms with Crippen LogP contribution in [0.2, 0.25) is 0 Å². The van der Waals surface area contributed by atoms with Crippen molar-refractivity contribution >= 4 is 17.8 Å². The molecular formula is C33H41N5O4. The van der Waals surface area contributed by atoms with E-state index >= 15 is 0 Å². The first-order valence-corrected chi connectivity index (χ1v) is 14.9. The molecular weight excluding hydrogens is 530 g/mol. The van der Waals surface area contributed by atoms with Crippen LogP contribution in [0.1, 0.15) is 40.7 Å². The van der Waals surface area contributed by atoms with E-state index in [0.717, 1.165) is 70.8 Å². The van der Waals surface area contributed by atoms with Crippen molar-refractivity contribution in [1.82, 2.24) is 19.7 Å². The summed E-state index contributed by atoms with van der Waals surface area (Å²) in [7, 11) is 2.16. The Hall–Kier alpha value is -3.79. The van der Waals surface area contributed by atoms with E-state index in [2.05, 4.69) is 51.4 Å². The minimum absolute atomic E-state index is 0.237. The number of rotatable bonds is 10. The van der Waals surface area contributed by atoms with Crippen molar-refractivity contribution < 1.29 is 19.1 Å². The number of piperidine rings is 1. The quantitative estimate of drug-likeness (QED) is 0.371. The van der Waals surface area contributed by atoms with Crippen molar-refractivity contribution in [1.29, 1.82) is 0 Å². The van der Waals surface area contributed by atoms with E-state index in [-0.39, 0.29) is 12.0 Å². The fraction of sp³-hybridized carbons (Fsp3) is 0.424. The van der Waals surface area contributed by atoms with Gasteiger partial charge in [-0.05, 0) is 74.2 Å². The molecule has 0 spiro atoms. The van der Waals surface area contributed by atoms with Gasteiger partial charge in [-0.15, -0.1) is 0 Å². The van der Waals surface area contributed by atoms with Crippen molar-refractivity contribution in [2.24, 2.45) is 5.92 Å². The highest BCUT2D eigenvalue weighted by Gasteiger charge is 2.24. The molecule has 1 N–H and O–H groups in total. The number of carbonyl (C=O) groups excluding carboxylic acids is 2. The van der Waals surface area contributed by atoms with Gasteiger partial charge in [0.1, 0.15) is 5.82 Å². The number of aromatic nitrogens is 1. The van der Waals surface area contributed by atoms with Crippen LogP contribution in [-0.4, -0.2) is 84.7 Å². The molecule has 2 saturated heterocycles. The lowest BCUT2D eigenvalue weighted by Crippen LogP contribution is -2.40. The molecule has 0 aliphatic carbocycles. The molecule has 0 unspecified atom stereocenters. The van der Waals surface area contributed by atoms with E-state index in [1.807, 2.05) is 30.3 Å². The van der Waals surface area contributed by atoms with Gasteiger partial charge in [-0.25, -0.2) is 9.78 Å². The summed E-state index contributed by atoms with van der Waals surface area (Å²) in [5.41, 5.74) is 3.05. The third-order valence-corrected chi connectivity index (χ3v) is 8.00. The summed E-state index contributed by atoms with van der Waals surface area (Å²) in [5, 5.41) is 2.81. The number of amides is 2. The van der Waals surface area contributed by atoms with Crippen LogP contribution in [0.5, 0.6) is 5.75 Å². The van der Waals surface area contributed by atoms with Gasteiger partial charge in [-0.1, -0.05) is 42.5 Å². The number of anilines is 1. The molecule has 2 amide bonds. The Morgan fingerprint density at radius 3 is 2.38 bits per heavy atom. The number of benzene rings is 2. The van der Waals surface area contributed by atoms with Gasteiger partial charge in [0.2, 0.25) is 0 Å². The molecule has 3 heterocycles.